The summed E-state index contributed by atoms with van der Waals surface area (Å²) in [4.78, 5) is 6.97. The molecule has 2 aromatic rings. The monoisotopic (exact) mass is 238 g/mol. The third-order valence-electron chi connectivity index (χ3n) is 2.47. The number of rotatable bonds is 4. The second-order valence-corrected chi connectivity index (χ2v) is 3.65. The van der Waals surface area contributed by atoms with Crippen molar-refractivity contribution in [1.29, 1.82) is 0 Å². The summed E-state index contributed by atoms with van der Waals surface area (Å²) < 4.78 is 25.8. The van der Waals surface area contributed by atoms with Crippen LogP contribution in [-0.4, -0.2) is 9.97 Å². The molecular formula is C11H12F2N4. The maximum absolute atomic E-state index is 13.0. The van der Waals surface area contributed by atoms with Crippen LogP contribution < -0.4 is 11.3 Å². The first kappa shape index (κ1) is 11.7. The molecule has 0 aliphatic heterocycles. The Bertz CT molecular complexity index is 484. The summed E-state index contributed by atoms with van der Waals surface area (Å²) in [6, 6.07) is 3.50. The standard InChI is InChI=1S/C11H12F2N4/c12-8-2-1-7(5-9(8)13)6-10(17-14)11-15-3-4-16-11/h1-5,10,17H,6,14H2,(H,15,16). The molecule has 1 aromatic carbocycles. The Morgan fingerprint density at radius 2 is 2.18 bits per heavy atom. The summed E-state index contributed by atoms with van der Waals surface area (Å²) in [5.41, 5.74) is 3.22. The van der Waals surface area contributed by atoms with Gasteiger partial charge in [0, 0.05) is 12.4 Å². The van der Waals surface area contributed by atoms with Gasteiger partial charge in [-0.3, -0.25) is 5.84 Å². The van der Waals surface area contributed by atoms with Gasteiger partial charge in [-0.1, -0.05) is 6.07 Å². The molecule has 1 unspecified atom stereocenters. The number of aromatic amines is 1. The predicted octanol–water partition coefficient (Wildman–Crippen LogP) is 1.43. The number of imidazole rings is 1. The molecule has 6 heteroatoms. The number of hydrogen-bond donors (Lipinski definition) is 3. The number of hydrazine groups is 1. The van der Waals surface area contributed by atoms with Gasteiger partial charge < -0.3 is 4.98 Å². The van der Waals surface area contributed by atoms with E-state index in [0.29, 0.717) is 17.8 Å². The van der Waals surface area contributed by atoms with Crippen LogP contribution in [0.1, 0.15) is 17.4 Å². The summed E-state index contributed by atoms with van der Waals surface area (Å²) in [6.07, 6.45) is 3.69. The van der Waals surface area contributed by atoms with Crippen molar-refractivity contribution in [3.8, 4) is 0 Å². The summed E-state index contributed by atoms with van der Waals surface area (Å²) in [7, 11) is 0. The smallest absolute Gasteiger partial charge is 0.159 e. The molecule has 0 aliphatic rings. The van der Waals surface area contributed by atoms with Crippen LogP contribution in [0, 0.1) is 11.6 Å². The third-order valence-corrected chi connectivity index (χ3v) is 2.47. The average Bonchev–Trinajstić information content (AvgIpc) is 2.84. The van der Waals surface area contributed by atoms with E-state index in [1.54, 1.807) is 12.4 Å². The molecule has 1 atom stereocenters. The first-order valence-corrected chi connectivity index (χ1v) is 5.10. The van der Waals surface area contributed by atoms with Gasteiger partial charge >= 0.3 is 0 Å². The Morgan fingerprint density at radius 3 is 2.76 bits per heavy atom. The number of nitrogens with two attached hydrogens (primary N) is 1. The van der Waals surface area contributed by atoms with Gasteiger partial charge in [0.2, 0.25) is 0 Å². The molecule has 0 aliphatic carbocycles. The van der Waals surface area contributed by atoms with Gasteiger partial charge in [0.25, 0.3) is 0 Å². The summed E-state index contributed by atoms with van der Waals surface area (Å²) in [5.74, 6) is 4.33. The molecule has 17 heavy (non-hydrogen) atoms. The van der Waals surface area contributed by atoms with Gasteiger partial charge in [-0.25, -0.2) is 19.2 Å². The third kappa shape index (κ3) is 2.66. The van der Waals surface area contributed by atoms with E-state index >= 15 is 0 Å². The molecule has 4 N–H and O–H groups in total. The van der Waals surface area contributed by atoms with Crippen LogP contribution in [0.5, 0.6) is 0 Å². The first-order chi connectivity index (χ1) is 8.20. The van der Waals surface area contributed by atoms with Gasteiger partial charge in [-0.2, -0.15) is 0 Å². The van der Waals surface area contributed by atoms with E-state index in [-0.39, 0.29) is 6.04 Å². The van der Waals surface area contributed by atoms with Crippen molar-refractivity contribution in [2.24, 2.45) is 5.84 Å². The molecule has 1 heterocycles. The van der Waals surface area contributed by atoms with E-state index < -0.39 is 11.6 Å². The molecule has 0 saturated heterocycles. The normalized spacial score (nSPS) is 12.6. The lowest BCUT2D eigenvalue weighted by Crippen LogP contribution is -2.30. The summed E-state index contributed by atoms with van der Waals surface area (Å²) in [6.45, 7) is 0. The fraction of sp³-hybridized carbons (Fsp3) is 0.182. The Kier molecular flexibility index (Phi) is 3.46. The van der Waals surface area contributed by atoms with Crippen molar-refractivity contribution in [2.75, 3.05) is 0 Å². The first-order valence-electron chi connectivity index (χ1n) is 5.10. The number of aromatic nitrogens is 2. The lowest BCUT2D eigenvalue weighted by Gasteiger charge is -2.13. The Balaban J connectivity index is 2.16. The van der Waals surface area contributed by atoms with Gasteiger partial charge in [0.05, 0.1) is 6.04 Å². The van der Waals surface area contributed by atoms with E-state index in [1.165, 1.54) is 6.07 Å². The molecule has 0 amide bonds. The van der Waals surface area contributed by atoms with Gasteiger partial charge in [-0.05, 0) is 24.1 Å². The van der Waals surface area contributed by atoms with Crippen molar-refractivity contribution in [1.82, 2.24) is 15.4 Å². The van der Waals surface area contributed by atoms with Gasteiger partial charge in [-0.15, -0.1) is 0 Å². The fourth-order valence-corrected chi connectivity index (χ4v) is 1.60. The van der Waals surface area contributed by atoms with Crippen molar-refractivity contribution in [2.45, 2.75) is 12.5 Å². The van der Waals surface area contributed by atoms with E-state index in [2.05, 4.69) is 15.4 Å². The minimum Gasteiger partial charge on any atom is -0.347 e. The van der Waals surface area contributed by atoms with Crippen molar-refractivity contribution in [3.05, 3.63) is 53.6 Å². The van der Waals surface area contributed by atoms with E-state index in [1.807, 2.05) is 0 Å². The number of benzene rings is 1. The number of halogens is 2. The summed E-state index contributed by atoms with van der Waals surface area (Å²) in [5, 5.41) is 0. The van der Waals surface area contributed by atoms with E-state index in [0.717, 1.165) is 12.1 Å². The molecule has 0 spiro atoms. The van der Waals surface area contributed by atoms with E-state index in [4.69, 9.17) is 5.84 Å². The zero-order chi connectivity index (χ0) is 12.3. The Hall–Kier alpha value is -1.79. The largest absolute Gasteiger partial charge is 0.347 e. The fourth-order valence-electron chi connectivity index (χ4n) is 1.60. The molecular weight excluding hydrogens is 226 g/mol. The van der Waals surface area contributed by atoms with Crippen molar-refractivity contribution in [3.63, 3.8) is 0 Å². The van der Waals surface area contributed by atoms with Crippen LogP contribution in [0.4, 0.5) is 8.78 Å². The van der Waals surface area contributed by atoms with Crippen LogP contribution in [0.2, 0.25) is 0 Å². The zero-order valence-corrected chi connectivity index (χ0v) is 8.95. The van der Waals surface area contributed by atoms with Crippen molar-refractivity contribution >= 4 is 0 Å². The van der Waals surface area contributed by atoms with Crippen LogP contribution in [0.3, 0.4) is 0 Å². The maximum atomic E-state index is 13.0. The highest BCUT2D eigenvalue weighted by Gasteiger charge is 2.13. The van der Waals surface area contributed by atoms with E-state index in [9.17, 15) is 8.78 Å². The molecule has 0 fully saturated rings. The van der Waals surface area contributed by atoms with Gasteiger partial charge in [0.15, 0.2) is 11.6 Å². The molecule has 0 bridgehead atoms. The molecule has 1 aromatic heterocycles. The average molecular weight is 238 g/mol. The minimum absolute atomic E-state index is 0.269. The lowest BCUT2D eigenvalue weighted by atomic mass is 10.1. The quantitative estimate of drug-likeness (QED) is 0.557. The predicted molar refractivity (Wildman–Crippen MR) is 58.7 cm³/mol. The van der Waals surface area contributed by atoms with Gasteiger partial charge in [0.1, 0.15) is 5.82 Å². The summed E-state index contributed by atoms with van der Waals surface area (Å²) >= 11 is 0. The lowest BCUT2D eigenvalue weighted by molar-refractivity contribution is 0.499. The highest BCUT2D eigenvalue weighted by Crippen LogP contribution is 2.16. The topological polar surface area (TPSA) is 66.7 Å². The molecule has 90 valence electrons. The molecule has 2 rings (SSSR count). The number of hydrogen-bond acceptors (Lipinski definition) is 3. The number of nitrogens with one attached hydrogen (secondary N) is 2. The van der Waals surface area contributed by atoms with Crippen LogP contribution in [-0.2, 0) is 6.42 Å². The second-order valence-electron chi connectivity index (χ2n) is 3.65. The second kappa shape index (κ2) is 5.03. The SMILES string of the molecule is NNC(Cc1ccc(F)c(F)c1)c1ncc[nH]1. The maximum Gasteiger partial charge on any atom is 0.159 e. The Labute approximate surface area is 96.8 Å². The van der Waals surface area contributed by atoms with Crippen molar-refractivity contribution < 1.29 is 8.78 Å². The zero-order valence-electron chi connectivity index (χ0n) is 8.95. The minimum atomic E-state index is -0.863. The van der Waals surface area contributed by atoms with Crippen LogP contribution in [0.15, 0.2) is 30.6 Å². The number of H-pyrrole nitrogens is 1. The highest BCUT2D eigenvalue weighted by molar-refractivity contribution is 5.19. The number of nitrogens with zero attached hydrogens (tertiary/aromatic N) is 1. The van der Waals surface area contributed by atoms with Crippen LogP contribution in [0.25, 0.3) is 0 Å². The highest BCUT2D eigenvalue weighted by atomic mass is 19.2. The molecule has 0 radical (unpaired) electrons. The molecule has 0 saturated carbocycles. The Morgan fingerprint density at radius 1 is 1.35 bits per heavy atom. The van der Waals surface area contributed by atoms with Crippen LogP contribution >= 0.6 is 0 Å². The molecule has 4 nitrogen and oxygen atoms in total.